The lowest BCUT2D eigenvalue weighted by Gasteiger charge is -2.47. The molecule has 2 aliphatic rings. The number of rotatable bonds is 5. The molecule has 1 fully saturated rings. The minimum atomic E-state index is -0.630. The van der Waals surface area contributed by atoms with E-state index in [0.717, 1.165) is 27.7 Å². The van der Waals surface area contributed by atoms with E-state index in [9.17, 15) is 14.0 Å². The number of aromatic amines is 1. The van der Waals surface area contributed by atoms with Gasteiger partial charge in [0.25, 0.3) is 0 Å². The molecule has 0 aliphatic carbocycles. The summed E-state index contributed by atoms with van der Waals surface area (Å²) in [5.74, 6) is 0.170. The molecular formula is C29H26FN3O3. The van der Waals surface area contributed by atoms with E-state index in [-0.39, 0.29) is 24.2 Å². The molecule has 0 radical (unpaired) electrons. The van der Waals surface area contributed by atoms with Crippen LogP contribution in [0.4, 0.5) is 4.39 Å². The highest BCUT2D eigenvalue weighted by atomic mass is 19.1. The number of piperazine rings is 1. The summed E-state index contributed by atoms with van der Waals surface area (Å²) in [6.45, 7) is 0.264. The average Bonchev–Trinajstić information content (AvgIpc) is 3.28. The largest absolute Gasteiger partial charge is 0.497 e. The maximum atomic E-state index is 14.2. The number of H-pyrrole nitrogens is 1. The van der Waals surface area contributed by atoms with E-state index in [0.29, 0.717) is 30.7 Å². The number of carbonyl (C=O) groups is 2. The van der Waals surface area contributed by atoms with Crippen molar-refractivity contribution in [1.82, 2.24) is 14.8 Å². The highest BCUT2D eigenvalue weighted by Gasteiger charge is 2.48. The first-order valence-electron chi connectivity index (χ1n) is 12.1. The van der Waals surface area contributed by atoms with Crippen LogP contribution in [0.1, 0.15) is 28.4 Å². The van der Waals surface area contributed by atoms with E-state index >= 15 is 0 Å². The molecule has 2 aliphatic heterocycles. The van der Waals surface area contributed by atoms with Crippen molar-refractivity contribution in [2.45, 2.75) is 24.9 Å². The van der Waals surface area contributed by atoms with E-state index in [4.69, 9.17) is 4.74 Å². The molecule has 2 amide bonds. The summed E-state index contributed by atoms with van der Waals surface area (Å²) in [4.78, 5) is 34.3. The average molecular weight is 484 g/mol. The Kier molecular flexibility index (Phi) is 5.48. The normalized spacial score (nSPS) is 19.4. The van der Waals surface area contributed by atoms with Gasteiger partial charge in [0.1, 0.15) is 17.6 Å². The number of carbonyl (C=O) groups excluding carboxylic acids is 2. The fraction of sp³-hybridized carbons (Fsp3) is 0.241. The first kappa shape index (κ1) is 22.3. The highest BCUT2D eigenvalue weighted by molar-refractivity contribution is 5.97. The van der Waals surface area contributed by atoms with Crippen molar-refractivity contribution < 1.29 is 18.7 Å². The highest BCUT2D eigenvalue weighted by Crippen LogP contribution is 2.43. The van der Waals surface area contributed by atoms with Crippen molar-refractivity contribution in [2.75, 3.05) is 20.2 Å². The van der Waals surface area contributed by atoms with Crippen LogP contribution in [0.5, 0.6) is 5.75 Å². The van der Waals surface area contributed by atoms with Crippen molar-refractivity contribution in [2.24, 2.45) is 0 Å². The Morgan fingerprint density at radius 1 is 1.03 bits per heavy atom. The van der Waals surface area contributed by atoms with Crippen LogP contribution in [-0.4, -0.2) is 52.8 Å². The third kappa shape index (κ3) is 3.63. The molecule has 6 rings (SSSR count). The summed E-state index contributed by atoms with van der Waals surface area (Å²) in [7, 11) is 1.61. The third-order valence-corrected chi connectivity index (χ3v) is 7.36. The van der Waals surface area contributed by atoms with Gasteiger partial charge in [-0.25, -0.2) is 4.39 Å². The lowest BCUT2D eigenvalue weighted by molar-refractivity contribution is -0.158. The van der Waals surface area contributed by atoms with Crippen molar-refractivity contribution in [1.29, 1.82) is 0 Å². The summed E-state index contributed by atoms with van der Waals surface area (Å²) in [5.41, 5.74) is 4.38. The number of para-hydroxylation sites is 1. The number of fused-ring (bicyclic) bond motifs is 4. The summed E-state index contributed by atoms with van der Waals surface area (Å²) >= 11 is 0. The van der Waals surface area contributed by atoms with Gasteiger partial charge in [0.05, 0.1) is 19.7 Å². The van der Waals surface area contributed by atoms with Gasteiger partial charge in [0, 0.05) is 29.6 Å². The zero-order valence-corrected chi connectivity index (χ0v) is 19.9. The van der Waals surface area contributed by atoms with Gasteiger partial charge in [-0.3, -0.25) is 9.59 Å². The smallest absolute Gasteiger partial charge is 0.246 e. The van der Waals surface area contributed by atoms with Gasteiger partial charge in [-0.05, 0) is 47.4 Å². The molecule has 0 spiro atoms. The summed E-state index contributed by atoms with van der Waals surface area (Å²) < 4.78 is 19.6. The Hall–Kier alpha value is -4.13. The van der Waals surface area contributed by atoms with E-state index < -0.39 is 12.1 Å². The van der Waals surface area contributed by atoms with Crippen LogP contribution in [-0.2, 0) is 22.4 Å². The predicted octanol–water partition coefficient (Wildman–Crippen LogP) is 4.24. The second-order valence-corrected chi connectivity index (χ2v) is 9.36. The lowest BCUT2D eigenvalue weighted by atomic mass is 9.86. The summed E-state index contributed by atoms with van der Waals surface area (Å²) in [6, 6.07) is 21.2. The number of benzene rings is 3. The number of amides is 2. The number of nitrogens with zero attached hydrogens (tertiary/aromatic N) is 2. The molecule has 4 aromatic rings. The van der Waals surface area contributed by atoms with Gasteiger partial charge in [0.15, 0.2) is 0 Å². The molecule has 182 valence electrons. The molecule has 7 heteroatoms. The predicted molar refractivity (Wildman–Crippen MR) is 134 cm³/mol. The Labute approximate surface area is 208 Å². The number of ether oxygens (including phenoxy) is 1. The number of methoxy groups -OCH3 is 1. The second-order valence-electron chi connectivity index (χ2n) is 9.36. The second kappa shape index (κ2) is 8.82. The first-order chi connectivity index (χ1) is 17.5. The van der Waals surface area contributed by atoms with Crippen LogP contribution in [0, 0.1) is 5.82 Å². The van der Waals surface area contributed by atoms with Crippen molar-refractivity contribution in [3.63, 3.8) is 0 Å². The summed E-state index contributed by atoms with van der Waals surface area (Å²) in [5, 5.41) is 1.06. The third-order valence-electron chi connectivity index (χ3n) is 7.36. The Morgan fingerprint density at radius 2 is 1.83 bits per heavy atom. The van der Waals surface area contributed by atoms with Crippen LogP contribution in [0.3, 0.4) is 0 Å². The van der Waals surface area contributed by atoms with Crippen LogP contribution in [0.15, 0.2) is 72.8 Å². The topological polar surface area (TPSA) is 65.6 Å². The van der Waals surface area contributed by atoms with Crippen LogP contribution in [0.2, 0.25) is 0 Å². The molecule has 6 nitrogen and oxygen atoms in total. The maximum Gasteiger partial charge on any atom is 0.246 e. The summed E-state index contributed by atoms with van der Waals surface area (Å²) in [6.07, 6.45) is 0.788. The van der Waals surface area contributed by atoms with Crippen molar-refractivity contribution in [3.8, 4) is 5.75 Å². The van der Waals surface area contributed by atoms with Gasteiger partial charge in [-0.2, -0.15) is 0 Å². The molecule has 1 saturated heterocycles. The molecule has 1 aromatic heterocycles. The number of hydrogen-bond donors (Lipinski definition) is 1. The quantitative estimate of drug-likeness (QED) is 0.462. The van der Waals surface area contributed by atoms with Gasteiger partial charge in [-0.1, -0.05) is 48.5 Å². The van der Waals surface area contributed by atoms with Crippen LogP contribution >= 0.6 is 0 Å². The number of nitrogens with one attached hydrogen (secondary N) is 1. The molecular weight excluding hydrogens is 457 g/mol. The molecule has 36 heavy (non-hydrogen) atoms. The van der Waals surface area contributed by atoms with E-state index in [1.54, 1.807) is 35.1 Å². The molecule has 2 atom stereocenters. The standard InChI is InChI=1S/C29H26FN3O3/c1-36-20-9-6-8-19(15-20)28-27-22(21-10-3-5-12-24(21)31-27)16-25-29(35)32(17-26(34)33(25)28)14-13-18-7-2-4-11-23(18)30/h2-12,15,25,28,31H,13-14,16-17H2,1H3/t25-,28-/m0/s1. The van der Waals surface area contributed by atoms with Crippen LogP contribution in [0.25, 0.3) is 10.9 Å². The Morgan fingerprint density at radius 3 is 2.67 bits per heavy atom. The Balaban J connectivity index is 1.40. The fourth-order valence-corrected chi connectivity index (χ4v) is 5.63. The molecule has 3 aromatic carbocycles. The lowest BCUT2D eigenvalue weighted by Crippen LogP contribution is -2.63. The number of hydrogen-bond acceptors (Lipinski definition) is 3. The fourth-order valence-electron chi connectivity index (χ4n) is 5.63. The zero-order chi connectivity index (χ0) is 24.8. The SMILES string of the molecule is COc1cccc([C@H]2c3[nH]c4ccccc4c3C[C@H]3C(=O)N(CCc4ccccc4F)CC(=O)N23)c1. The number of halogens is 1. The molecule has 0 saturated carbocycles. The van der Waals surface area contributed by atoms with E-state index in [1.807, 2.05) is 48.5 Å². The number of aromatic nitrogens is 1. The molecule has 0 bridgehead atoms. The van der Waals surface area contributed by atoms with Crippen molar-refractivity contribution >= 4 is 22.7 Å². The van der Waals surface area contributed by atoms with Gasteiger partial charge in [-0.15, -0.1) is 0 Å². The van der Waals surface area contributed by atoms with Gasteiger partial charge in [0.2, 0.25) is 11.8 Å². The molecule has 0 unspecified atom stereocenters. The minimum Gasteiger partial charge on any atom is -0.497 e. The molecule has 1 N–H and O–H groups in total. The monoisotopic (exact) mass is 483 g/mol. The first-order valence-corrected chi connectivity index (χ1v) is 12.1. The van der Waals surface area contributed by atoms with Gasteiger partial charge < -0.3 is 19.5 Å². The zero-order valence-electron chi connectivity index (χ0n) is 19.9. The van der Waals surface area contributed by atoms with Crippen molar-refractivity contribution in [3.05, 3.63) is 101 Å². The van der Waals surface area contributed by atoms with Gasteiger partial charge >= 0.3 is 0 Å². The van der Waals surface area contributed by atoms with E-state index in [2.05, 4.69) is 4.98 Å². The molecule has 3 heterocycles. The van der Waals surface area contributed by atoms with Crippen LogP contribution < -0.4 is 4.74 Å². The van der Waals surface area contributed by atoms with E-state index in [1.165, 1.54) is 6.07 Å². The maximum absolute atomic E-state index is 14.2. The minimum absolute atomic E-state index is 0.0280. The Bertz CT molecular complexity index is 1480.